The molecule has 0 unspecified atom stereocenters. The van der Waals surface area contributed by atoms with Gasteiger partial charge in [0.2, 0.25) is 5.12 Å². The molecule has 0 aromatic carbocycles. The average Bonchev–Trinajstić information content (AvgIpc) is 2.39. The largest absolute Gasteiger partial charge is 0.510 e. The van der Waals surface area contributed by atoms with Crippen molar-refractivity contribution in [2.75, 3.05) is 0 Å². The fourth-order valence-electron chi connectivity index (χ4n) is 1.53. The van der Waals surface area contributed by atoms with E-state index in [1.165, 1.54) is 11.8 Å². The maximum absolute atomic E-state index is 11.4. The van der Waals surface area contributed by atoms with E-state index in [0.717, 1.165) is 19.3 Å². The molecule has 0 aromatic heterocycles. The lowest BCUT2D eigenvalue weighted by atomic mass is 10.0. The van der Waals surface area contributed by atoms with Crippen LogP contribution in [0.5, 0.6) is 0 Å². The minimum Gasteiger partial charge on any atom is -0.510 e. The van der Waals surface area contributed by atoms with Gasteiger partial charge in [0.25, 0.3) is 0 Å². The minimum atomic E-state index is -0.533. The molecule has 0 radical (unpaired) electrons. The van der Waals surface area contributed by atoms with Gasteiger partial charge in [0.15, 0.2) is 0 Å². The minimum absolute atomic E-state index is 0.0184. The predicted molar refractivity (Wildman–Crippen MR) is 65.0 cm³/mol. The first-order valence-corrected chi connectivity index (χ1v) is 6.14. The highest BCUT2D eigenvalue weighted by Crippen LogP contribution is 2.43. The summed E-state index contributed by atoms with van der Waals surface area (Å²) in [5.74, 6) is 0.213. The second-order valence-corrected chi connectivity index (χ2v) is 5.44. The normalized spacial score (nSPS) is 27.0. The number of hydrogen-bond donors (Lipinski definition) is 1. The number of allylic oxidation sites excluding steroid dienone is 1. The van der Waals surface area contributed by atoms with E-state index in [4.69, 9.17) is 0 Å². The van der Waals surface area contributed by atoms with E-state index in [-0.39, 0.29) is 10.9 Å². The van der Waals surface area contributed by atoms with Gasteiger partial charge in [-0.2, -0.15) is 0 Å². The van der Waals surface area contributed by atoms with Gasteiger partial charge in [0, 0.05) is 5.57 Å². The number of aliphatic hydroxyl groups excluding tert-OH is 1. The van der Waals surface area contributed by atoms with Gasteiger partial charge in [-0.25, -0.2) is 0 Å². The zero-order chi connectivity index (χ0) is 11.5. The summed E-state index contributed by atoms with van der Waals surface area (Å²) in [5.41, 5.74) is 0.489. The highest BCUT2D eigenvalue weighted by atomic mass is 32.2. The molecule has 0 bridgehead atoms. The lowest BCUT2D eigenvalue weighted by Crippen LogP contribution is -2.16. The monoisotopic (exact) mass is 226 g/mol. The Morgan fingerprint density at radius 2 is 2.20 bits per heavy atom. The molecule has 15 heavy (non-hydrogen) atoms. The molecule has 0 saturated carbocycles. The van der Waals surface area contributed by atoms with Crippen LogP contribution in [0.2, 0.25) is 0 Å². The predicted octanol–water partition coefficient (Wildman–Crippen LogP) is 3.60. The molecule has 0 saturated heterocycles. The Bertz CT molecular complexity index is 318. The van der Waals surface area contributed by atoms with Crippen LogP contribution < -0.4 is 0 Å². The summed E-state index contributed by atoms with van der Waals surface area (Å²) in [6.45, 7) is 5.70. The Labute approximate surface area is 95.4 Å². The summed E-state index contributed by atoms with van der Waals surface area (Å²) in [4.78, 5) is 11.4. The summed E-state index contributed by atoms with van der Waals surface area (Å²) in [6, 6.07) is 0. The third-order valence-corrected chi connectivity index (χ3v) is 3.84. The van der Waals surface area contributed by atoms with Crippen LogP contribution in [0.3, 0.4) is 0 Å². The number of unbranched alkanes of at least 4 members (excludes halogenated alkanes) is 2. The Balaban J connectivity index is 2.69. The standard InChI is InChI=1S/C12H18O2S/c1-4-5-6-7-8-12(3)10(13)9(2)11(14)15-12/h7-8,13H,4-6H2,1-3H3/b8-7+/t12-/m0/s1. The molecule has 1 aliphatic rings. The first-order valence-electron chi connectivity index (χ1n) is 5.32. The number of rotatable bonds is 4. The van der Waals surface area contributed by atoms with E-state index < -0.39 is 4.75 Å². The summed E-state index contributed by atoms with van der Waals surface area (Å²) in [7, 11) is 0. The van der Waals surface area contributed by atoms with Crippen molar-refractivity contribution in [1.82, 2.24) is 0 Å². The topological polar surface area (TPSA) is 37.3 Å². The molecule has 3 heteroatoms. The Morgan fingerprint density at radius 1 is 1.53 bits per heavy atom. The smallest absolute Gasteiger partial charge is 0.219 e. The van der Waals surface area contributed by atoms with Crippen molar-refractivity contribution < 1.29 is 9.90 Å². The highest BCUT2D eigenvalue weighted by Gasteiger charge is 2.39. The van der Waals surface area contributed by atoms with Crippen LogP contribution in [0.15, 0.2) is 23.5 Å². The van der Waals surface area contributed by atoms with Crippen molar-refractivity contribution in [3.63, 3.8) is 0 Å². The molecule has 0 aliphatic carbocycles. The first-order chi connectivity index (χ1) is 7.01. The van der Waals surface area contributed by atoms with Crippen molar-refractivity contribution in [1.29, 1.82) is 0 Å². The van der Waals surface area contributed by atoms with Gasteiger partial charge in [-0.3, -0.25) is 4.79 Å². The Hall–Kier alpha value is -0.700. The fraction of sp³-hybridized carbons (Fsp3) is 0.583. The van der Waals surface area contributed by atoms with Crippen molar-refractivity contribution in [2.45, 2.75) is 44.8 Å². The van der Waals surface area contributed by atoms with Gasteiger partial charge in [0.1, 0.15) is 5.76 Å². The number of carbonyl (C=O) groups is 1. The van der Waals surface area contributed by atoms with Crippen molar-refractivity contribution in [3.05, 3.63) is 23.5 Å². The average molecular weight is 226 g/mol. The Kier molecular flexibility index (Phi) is 4.03. The fourth-order valence-corrected chi connectivity index (χ4v) is 2.58. The van der Waals surface area contributed by atoms with Crippen LogP contribution in [-0.4, -0.2) is 15.0 Å². The van der Waals surface area contributed by atoms with E-state index in [1.807, 2.05) is 13.0 Å². The van der Waals surface area contributed by atoms with Gasteiger partial charge < -0.3 is 5.11 Å². The third-order valence-electron chi connectivity index (χ3n) is 2.60. The quantitative estimate of drug-likeness (QED) is 0.588. The lowest BCUT2D eigenvalue weighted by Gasteiger charge is -2.17. The highest BCUT2D eigenvalue weighted by molar-refractivity contribution is 8.16. The van der Waals surface area contributed by atoms with E-state index >= 15 is 0 Å². The number of aliphatic hydroxyl groups is 1. The molecular weight excluding hydrogens is 208 g/mol. The van der Waals surface area contributed by atoms with E-state index in [2.05, 4.69) is 13.0 Å². The maximum atomic E-state index is 11.4. The third kappa shape index (κ3) is 2.65. The summed E-state index contributed by atoms with van der Waals surface area (Å²) in [5, 5.41) is 9.81. The second kappa shape index (κ2) is 4.88. The number of carbonyl (C=O) groups excluding carboxylic acids is 1. The first kappa shape index (κ1) is 12.4. The van der Waals surface area contributed by atoms with Crippen molar-refractivity contribution >= 4 is 16.9 Å². The molecule has 0 fully saturated rings. The molecule has 1 rings (SSSR count). The van der Waals surface area contributed by atoms with Gasteiger partial charge in [0.05, 0.1) is 4.75 Å². The van der Waals surface area contributed by atoms with E-state index in [0.29, 0.717) is 5.57 Å². The molecule has 84 valence electrons. The van der Waals surface area contributed by atoms with Crippen LogP contribution >= 0.6 is 11.8 Å². The molecule has 1 atom stereocenters. The van der Waals surface area contributed by atoms with Crippen molar-refractivity contribution in [2.24, 2.45) is 0 Å². The molecule has 0 aromatic rings. The van der Waals surface area contributed by atoms with Crippen LogP contribution in [0, 0.1) is 0 Å². The number of hydrogen-bond acceptors (Lipinski definition) is 3. The van der Waals surface area contributed by atoms with Crippen LogP contribution in [0.4, 0.5) is 0 Å². The Morgan fingerprint density at radius 3 is 2.67 bits per heavy atom. The lowest BCUT2D eigenvalue weighted by molar-refractivity contribution is -0.107. The van der Waals surface area contributed by atoms with E-state index in [9.17, 15) is 9.90 Å². The molecule has 2 nitrogen and oxygen atoms in total. The van der Waals surface area contributed by atoms with Crippen molar-refractivity contribution in [3.8, 4) is 0 Å². The summed E-state index contributed by atoms with van der Waals surface area (Å²) in [6.07, 6.45) is 7.31. The van der Waals surface area contributed by atoms with Gasteiger partial charge in [-0.1, -0.05) is 43.7 Å². The van der Waals surface area contributed by atoms with Crippen LogP contribution in [-0.2, 0) is 4.79 Å². The molecule has 0 spiro atoms. The maximum Gasteiger partial charge on any atom is 0.219 e. The van der Waals surface area contributed by atoms with Gasteiger partial charge >= 0.3 is 0 Å². The molecule has 1 N–H and O–H groups in total. The SMILES string of the molecule is CCCC/C=C/[C@]1(C)SC(=O)C(C)=C1O. The number of thioether (sulfide) groups is 1. The second-order valence-electron chi connectivity index (χ2n) is 4.01. The molecular formula is C12H18O2S. The van der Waals surface area contributed by atoms with Crippen LogP contribution in [0.25, 0.3) is 0 Å². The molecule has 1 heterocycles. The zero-order valence-electron chi connectivity index (χ0n) is 9.54. The zero-order valence-corrected chi connectivity index (χ0v) is 10.4. The van der Waals surface area contributed by atoms with Crippen LogP contribution in [0.1, 0.15) is 40.0 Å². The molecule has 0 amide bonds. The van der Waals surface area contributed by atoms with Gasteiger partial charge in [-0.15, -0.1) is 0 Å². The summed E-state index contributed by atoms with van der Waals surface area (Å²) >= 11 is 1.19. The molecule has 1 aliphatic heterocycles. The summed E-state index contributed by atoms with van der Waals surface area (Å²) < 4.78 is -0.533. The van der Waals surface area contributed by atoms with E-state index in [1.54, 1.807) is 6.92 Å². The van der Waals surface area contributed by atoms with Gasteiger partial charge in [-0.05, 0) is 20.3 Å².